The molecule has 2 aliphatic carbocycles. The van der Waals surface area contributed by atoms with Crippen LogP contribution >= 0.6 is 0 Å². The van der Waals surface area contributed by atoms with Crippen LogP contribution in [0, 0.1) is 17.8 Å². The fraction of sp³-hybridized carbons (Fsp3) is 0.688. The zero-order chi connectivity index (χ0) is 15.6. The van der Waals surface area contributed by atoms with Gasteiger partial charge in [0.25, 0.3) is 5.78 Å². The molecule has 1 aliphatic heterocycles. The average molecular weight is 315 g/mol. The Balaban J connectivity index is 1.61. The predicted molar refractivity (Wildman–Crippen MR) is 83.1 cm³/mol. The lowest BCUT2D eigenvalue weighted by Crippen LogP contribution is -2.42. The molecule has 7 nitrogen and oxygen atoms in total. The first-order valence-electron chi connectivity index (χ1n) is 8.28. The predicted octanol–water partition coefficient (Wildman–Crippen LogP) is 1.13. The number of anilines is 1. The molecule has 0 unspecified atom stereocenters. The summed E-state index contributed by atoms with van der Waals surface area (Å²) >= 11 is 0. The van der Waals surface area contributed by atoms with Crippen LogP contribution in [0.4, 0.5) is 5.82 Å². The first kappa shape index (κ1) is 13.7. The molecule has 0 aromatic carbocycles. The molecule has 3 aliphatic rings. The van der Waals surface area contributed by atoms with E-state index in [0.717, 1.165) is 35.8 Å². The van der Waals surface area contributed by atoms with Gasteiger partial charge in [-0.15, -0.1) is 0 Å². The van der Waals surface area contributed by atoms with Crippen LogP contribution in [0.2, 0.25) is 0 Å². The monoisotopic (exact) mass is 315 g/mol. The van der Waals surface area contributed by atoms with Crippen LogP contribution in [-0.2, 0) is 16.1 Å². The Morgan fingerprint density at radius 2 is 2.17 bits per heavy atom. The summed E-state index contributed by atoms with van der Waals surface area (Å²) in [5.41, 5.74) is 0.894. The molecule has 1 saturated heterocycles. The third-order valence-electron chi connectivity index (χ3n) is 5.96. The molecule has 2 aromatic rings. The molecule has 3 fully saturated rings. The lowest BCUT2D eigenvalue weighted by Gasteiger charge is -2.32. The lowest BCUT2D eigenvalue weighted by molar-refractivity contribution is 0.0446. The van der Waals surface area contributed by atoms with Crippen molar-refractivity contribution < 1.29 is 9.47 Å². The van der Waals surface area contributed by atoms with Gasteiger partial charge in [0.2, 0.25) is 0 Å². The highest BCUT2D eigenvalue weighted by molar-refractivity contribution is 5.51. The van der Waals surface area contributed by atoms with Gasteiger partial charge in [-0.3, -0.25) is 0 Å². The van der Waals surface area contributed by atoms with Gasteiger partial charge >= 0.3 is 0 Å². The Bertz CT molecular complexity index is 745. The van der Waals surface area contributed by atoms with Crippen molar-refractivity contribution in [2.24, 2.45) is 17.8 Å². The molecule has 0 spiro atoms. The summed E-state index contributed by atoms with van der Waals surface area (Å²) in [6, 6.07) is 2.55. The van der Waals surface area contributed by atoms with Gasteiger partial charge < -0.3 is 14.4 Å². The SMILES string of the molecule is COCc1cc(N2C[C@@H]3C[C@H]4C[C@H]3[C@H]2[C@H]4OC)n2ncnc2n1. The van der Waals surface area contributed by atoms with Crippen LogP contribution in [0.3, 0.4) is 0 Å². The number of nitrogens with zero attached hydrogens (tertiary/aromatic N) is 5. The van der Waals surface area contributed by atoms with Crippen molar-refractivity contribution in [1.82, 2.24) is 19.6 Å². The standard InChI is InChI=1S/C16H21N5O2/c1-22-7-11-5-13(21-16(19-11)17-8-18-21)20-6-10-3-9-4-12(10)14(20)15(9)23-2/h5,8-10,12,14-15H,3-4,6-7H2,1-2H3/t9-,10-,12+,14-,15-/m0/s1. The summed E-state index contributed by atoms with van der Waals surface area (Å²) in [6.07, 6.45) is 4.50. The first-order valence-corrected chi connectivity index (χ1v) is 8.28. The van der Waals surface area contributed by atoms with Crippen LogP contribution in [0.1, 0.15) is 18.5 Å². The van der Waals surface area contributed by atoms with Gasteiger partial charge in [-0.1, -0.05) is 0 Å². The van der Waals surface area contributed by atoms with Crippen LogP contribution in [-0.4, -0.2) is 52.5 Å². The lowest BCUT2D eigenvalue weighted by atomic mass is 9.88. The fourth-order valence-corrected chi connectivity index (χ4v) is 5.25. The van der Waals surface area contributed by atoms with E-state index < -0.39 is 0 Å². The summed E-state index contributed by atoms with van der Waals surface area (Å²) in [6.45, 7) is 1.56. The van der Waals surface area contributed by atoms with Crippen LogP contribution in [0.25, 0.3) is 5.78 Å². The number of aromatic nitrogens is 4. The minimum absolute atomic E-state index is 0.330. The van der Waals surface area contributed by atoms with Crippen molar-refractivity contribution in [3.63, 3.8) is 0 Å². The summed E-state index contributed by atoms with van der Waals surface area (Å²) < 4.78 is 13.0. The van der Waals surface area contributed by atoms with Crippen LogP contribution in [0.15, 0.2) is 12.4 Å². The van der Waals surface area contributed by atoms with Crippen LogP contribution in [0.5, 0.6) is 0 Å². The quantitative estimate of drug-likeness (QED) is 0.843. The largest absolute Gasteiger partial charge is 0.379 e. The molecule has 2 saturated carbocycles. The van der Waals surface area contributed by atoms with E-state index in [1.54, 1.807) is 13.4 Å². The number of hydrogen-bond acceptors (Lipinski definition) is 6. The second-order valence-electron chi connectivity index (χ2n) is 7.01. The van der Waals surface area contributed by atoms with E-state index in [0.29, 0.717) is 24.5 Å². The zero-order valence-electron chi connectivity index (χ0n) is 13.4. The van der Waals surface area contributed by atoms with E-state index in [2.05, 4.69) is 26.0 Å². The number of rotatable bonds is 4. The van der Waals surface area contributed by atoms with Crippen molar-refractivity contribution in [2.45, 2.75) is 31.6 Å². The number of methoxy groups -OCH3 is 2. The second kappa shape index (κ2) is 4.88. The van der Waals surface area contributed by atoms with E-state index in [-0.39, 0.29) is 0 Å². The molecule has 3 heterocycles. The minimum atomic E-state index is 0.330. The van der Waals surface area contributed by atoms with Gasteiger partial charge in [0.1, 0.15) is 12.1 Å². The Kier molecular flexibility index (Phi) is 2.90. The molecular weight excluding hydrogens is 294 g/mol. The second-order valence-corrected chi connectivity index (χ2v) is 7.01. The van der Waals surface area contributed by atoms with E-state index >= 15 is 0 Å². The molecule has 0 amide bonds. The topological polar surface area (TPSA) is 64.8 Å². The van der Waals surface area contributed by atoms with Gasteiger partial charge in [0.15, 0.2) is 0 Å². The van der Waals surface area contributed by atoms with Gasteiger partial charge in [0, 0.05) is 26.8 Å². The summed E-state index contributed by atoms with van der Waals surface area (Å²) in [4.78, 5) is 11.3. The highest BCUT2D eigenvalue weighted by Crippen LogP contribution is 2.56. The molecule has 5 rings (SSSR count). The summed E-state index contributed by atoms with van der Waals surface area (Å²) in [5.74, 6) is 3.96. The molecule has 7 heteroatoms. The smallest absolute Gasteiger partial charge is 0.254 e. The highest BCUT2D eigenvalue weighted by atomic mass is 16.5. The summed E-state index contributed by atoms with van der Waals surface area (Å²) in [5, 5.41) is 4.39. The molecule has 2 aromatic heterocycles. The minimum Gasteiger partial charge on any atom is -0.379 e. The molecule has 5 atom stereocenters. The van der Waals surface area contributed by atoms with Crippen molar-refractivity contribution >= 4 is 11.6 Å². The van der Waals surface area contributed by atoms with Crippen LogP contribution < -0.4 is 4.90 Å². The van der Waals surface area contributed by atoms with Crippen molar-refractivity contribution in [3.8, 4) is 0 Å². The first-order chi connectivity index (χ1) is 11.3. The molecule has 0 radical (unpaired) electrons. The highest BCUT2D eigenvalue weighted by Gasteiger charge is 2.60. The average Bonchev–Trinajstić information content (AvgIpc) is 3.26. The third-order valence-corrected chi connectivity index (χ3v) is 5.96. The van der Waals surface area contributed by atoms with Crippen molar-refractivity contribution in [2.75, 3.05) is 25.7 Å². The van der Waals surface area contributed by atoms with Crippen molar-refractivity contribution in [1.29, 1.82) is 0 Å². The van der Waals surface area contributed by atoms with Gasteiger partial charge in [-0.05, 0) is 30.6 Å². The third kappa shape index (κ3) is 1.80. The Labute approximate surface area is 134 Å². The zero-order valence-corrected chi connectivity index (χ0v) is 13.4. The Hall–Kier alpha value is -1.73. The molecule has 23 heavy (non-hydrogen) atoms. The van der Waals surface area contributed by atoms with Crippen molar-refractivity contribution in [3.05, 3.63) is 18.1 Å². The molecule has 2 bridgehead atoms. The van der Waals surface area contributed by atoms with Gasteiger partial charge in [-0.25, -0.2) is 4.98 Å². The van der Waals surface area contributed by atoms with E-state index in [1.807, 2.05) is 11.6 Å². The number of ether oxygens (including phenoxy) is 2. The van der Waals surface area contributed by atoms with Gasteiger partial charge in [0.05, 0.1) is 24.4 Å². The maximum absolute atomic E-state index is 5.87. The van der Waals surface area contributed by atoms with E-state index in [1.165, 1.54) is 12.8 Å². The van der Waals surface area contributed by atoms with Gasteiger partial charge in [-0.2, -0.15) is 14.6 Å². The fourth-order valence-electron chi connectivity index (χ4n) is 5.25. The Morgan fingerprint density at radius 1 is 1.26 bits per heavy atom. The maximum atomic E-state index is 5.87. The molecule has 122 valence electrons. The molecular formula is C16H21N5O2. The Morgan fingerprint density at radius 3 is 3.00 bits per heavy atom. The van der Waals surface area contributed by atoms with E-state index in [4.69, 9.17) is 9.47 Å². The number of hydrogen-bond donors (Lipinski definition) is 0. The maximum Gasteiger partial charge on any atom is 0.254 e. The summed E-state index contributed by atoms with van der Waals surface area (Å²) in [7, 11) is 3.54. The van der Waals surface area contributed by atoms with E-state index in [9.17, 15) is 0 Å². The normalized spacial score (nSPS) is 34.9. The number of fused-ring (bicyclic) bond motifs is 2. The molecule has 0 N–H and O–H groups in total.